The van der Waals surface area contributed by atoms with Crippen molar-refractivity contribution in [1.82, 2.24) is 0 Å². The highest BCUT2D eigenvalue weighted by molar-refractivity contribution is 7.30. The van der Waals surface area contributed by atoms with Gasteiger partial charge in [-0.25, -0.2) is 0 Å². The van der Waals surface area contributed by atoms with Crippen molar-refractivity contribution in [2.24, 2.45) is 0 Å². The highest BCUT2D eigenvalue weighted by Gasteiger charge is 2.29. The first-order valence-corrected chi connectivity index (χ1v) is 28.7. The number of hydrogen-bond donors (Lipinski definition) is 0. The fraction of sp³-hybridized carbons (Fsp3) is 0.226. The van der Waals surface area contributed by atoms with Gasteiger partial charge in [-0.05, 0) is 132 Å². The molecule has 2 nitrogen and oxygen atoms in total. The molecule has 0 radical (unpaired) electrons. The van der Waals surface area contributed by atoms with Gasteiger partial charge in [0.15, 0.2) is 11.5 Å². The lowest BCUT2D eigenvalue weighted by Crippen LogP contribution is -2.46. The molecule has 0 atom stereocenters. The molecule has 1 aliphatic heterocycles. The predicted molar refractivity (Wildman–Crippen MR) is 319 cm³/mol. The molecule has 4 aromatic carbocycles. The quantitative estimate of drug-likeness (QED) is 0.114. The molecule has 0 amide bonds. The SMILES string of the molecule is Cc1cc(C)c(B(/C=C/c2ccc(-c3ccc(-c4sc(-c5ccc(-c6ccc(/C=C/B(c7c(C)cc(C)cc7C)c7c(C)cc(C)cc7C)s6)s5)c5c4OCCO5)s3)s2)c2c(C)cc(C)cc2C)c(C)c1. The highest BCUT2D eigenvalue weighted by atomic mass is 32.1. The lowest BCUT2D eigenvalue weighted by Gasteiger charge is -2.22. The normalized spacial score (nSPS) is 12.5. The second kappa shape index (κ2) is 20.2. The highest BCUT2D eigenvalue weighted by Crippen LogP contribution is 2.57. The average Bonchev–Trinajstić information content (AvgIpc) is 4.16. The van der Waals surface area contributed by atoms with E-state index in [9.17, 15) is 0 Å². The molecule has 10 rings (SSSR count). The summed E-state index contributed by atoms with van der Waals surface area (Å²) in [6, 6.07) is 36.8. The van der Waals surface area contributed by atoms with Gasteiger partial charge in [-0.3, -0.25) is 0 Å². The molecule has 0 unspecified atom stereocenters. The van der Waals surface area contributed by atoms with Crippen molar-refractivity contribution in [2.45, 2.75) is 83.1 Å². The van der Waals surface area contributed by atoms with Crippen molar-refractivity contribution >= 4 is 104 Å². The van der Waals surface area contributed by atoms with Crippen LogP contribution in [0.15, 0.2) is 109 Å². The minimum atomic E-state index is 0.163. The van der Waals surface area contributed by atoms with Gasteiger partial charge in [0.05, 0.1) is 9.75 Å². The monoisotopic (exact) mass is 1020 g/mol. The van der Waals surface area contributed by atoms with Gasteiger partial charge in [-0.15, -0.1) is 68.6 Å². The third kappa shape index (κ3) is 9.93. The summed E-state index contributed by atoms with van der Waals surface area (Å²) in [5.41, 5.74) is 21.7. The molecule has 9 heteroatoms. The molecule has 1 aliphatic rings. The van der Waals surface area contributed by atoms with E-state index in [1.165, 1.54) is 128 Å². The fourth-order valence-electron chi connectivity index (χ4n) is 11.4. The Morgan fingerprint density at radius 1 is 0.338 bits per heavy atom. The van der Waals surface area contributed by atoms with Crippen molar-refractivity contribution in [2.75, 3.05) is 13.2 Å². The van der Waals surface area contributed by atoms with E-state index in [-0.39, 0.29) is 13.4 Å². The maximum atomic E-state index is 6.43. The van der Waals surface area contributed by atoms with E-state index in [2.05, 4.69) is 204 Å². The summed E-state index contributed by atoms with van der Waals surface area (Å²) in [4.78, 5) is 12.3. The van der Waals surface area contributed by atoms with E-state index >= 15 is 0 Å². The summed E-state index contributed by atoms with van der Waals surface area (Å²) < 4.78 is 12.9. The molecule has 356 valence electrons. The summed E-state index contributed by atoms with van der Waals surface area (Å²) in [6.45, 7) is 28.4. The first kappa shape index (κ1) is 49.2. The van der Waals surface area contributed by atoms with Crippen LogP contribution < -0.4 is 31.3 Å². The van der Waals surface area contributed by atoms with E-state index in [4.69, 9.17) is 9.47 Å². The van der Waals surface area contributed by atoms with Crippen LogP contribution in [0.4, 0.5) is 0 Å². The van der Waals surface area contributed by atoms with Crippen LogP contribution in [0, 0.1) is 83.1 Å². The van der Waals surface area contributed by atoms with Gasteiger partial charge in [0.25, 0.3) is 0 Å². The molecule has 9 aromatic rings. The zero-order valence-corrected chi connectivity index (χ0v) is 47.1. The van der Waals surface area contributed by atoms with Gasteiger partial charge in [0.1, 0.15) is 13.2 Å². The molecule has 5 aromatic heterocycles. The Balaban J connectivity index is 0.908. The number of ether oxygens (including phenoxy) is 2. The maximum absolute atomic E-state index is 6.43. The standard InChI is InChI=1S/C62H60B2O2S5/c1-35-27-39(5)55(40(6)28-35)63(56-41(7)29-36(2)30-42(56)8)23-21-47-13-15-49(67-47)51-17-19-53(69-51)61-59-60(66-26-25-65-59)62(71-61)54-20-18-52(70-54)50-16-14-48(68-50)22-24-64(57-43(9)31-37(3)32-44(57)10)58-45(11)33-38(4)34-46(58)12/h13-24,27-34H,25-26H2,1-12H3/b23-21+,24-22+. The molecule has 0 saturated carbocycles. The predicted octanol–water partition coefficient (Wildman–Crippen LogP) is 15.9. The number of hydrogen-bond acceptors (Lipinski definition) is 7. The minimum absolute atomic E-state index is 0.163. The Kier molecular flexibility index (Phi) is 14.0. The second-order valence-electron chi connectivity index (χ2n) is 19.8. The van der Waals surface area contributed by atoms with Crippen molar-refractivity contribution in [1.29, 1.82) is 0 Å². The lowest BCUT2D eigenvalue weighted by atomic mass is 9.37. The fourth-order valence-corrected chi connectivity index (χ4v) is 16.8. The Morgan fingerprint density at radius 2 is 0.606 bits per heavy atom. The first-order valence-electron chi connectivity index (χ1n) is 24.6. The largest absolute Gasteiger partial charge is 0.485 e. The van der Waals surface area contributed by atoms with E-state index in [0.29, 0.717) is 13.2 Å². The van der Waals surface area contributed by atoms with Gasteiger partial charge in [-0.1, -0.05) is 149 Å². The summed E-state index contributed by atoms with van der Waals surface area (Å²) in [5, 5.41) is 0. The van der Waals surface area contributed by atoms with Gasteiger partial charge < -0.3 is 9.47 Å². The zero-order valence-electron chi connectivity index (χ0n) is 43.0. The van der Waals surface area contributed by atoms with Crippen molar-refractivity contribution in [3.63, 3.8) is 0 Å². The molecule has 0 aliphatic carbocycles. The zero-order chi connectivity index (χ0) is 49.8. The van der Waals surface area contributed by atoms with Crippen LogP contribution in [0.25, 0.3) is 51.2 Å². The van der Waals surface area contributed by atoms with Gasteiger partial charge >= 0.3 is 0 Å². The third-order valence-electron chi connectivity index (χ3n) is 13.9. The number of fused-ring (bicyclic) bond motifs is 1. The topological polar surface area (TPSA) is 18.5 Å². The average molecular weight is 1020 g/mol. The third-order valence-corrected chi connectivity index (χ3v) is 20.1. The van der Waals surface area contributed by atoms with E-state index in [1.54, 1.807) is 11.3 Å². The summed E-state index contributed by atoms with van der Waals surface area (Å²) in [6.07, 6.45) is 4.69. The molecule has 0 N–H and O–H groups in total. The van der Waals surface area contributed by atoms with Crippen LogP contribution in [0.2, 0.25) is 0 Å². The van der Waals surface area contributed by atoms with Crippen LogP contribution in [-0.2, 0) is 0 Å². The van der Waals surface area contributed by atoms with Gasteiger partial charge in [0.2, 0.25) is 13.4 Å². The Bertz CT molecular complexity index is 3110. The number of thiophene rings is 5. The van der Waals surface area contributed by atoms with Crippen LogP contribution >= 0.6 is 56.7 Å². The molecular formula is C62H60B2O2S5. The van der Waals surface area contributed by atoms with Crippen molar-refractivity contribution < 1.29 is 9.47 Å². The number of rotatable bonds is 12. The summed E-state index contributed by atoms with van der Waals surface area (Å²) >= 11 is 9.17. The minimum Gasteiger partial charge on any atom is -0.485 e. The molecule has 71 heavy (non-hydrogen) atoms. The lowest BCUT2D eigenvalue weighted by molar-refractivity contribution is 0.175. The Hall–Kier alpha value is -5.41. The molecule has 0 fully saturated rings. The maximum Gasteiger partial charge on any atom is 0.235 e. The summed E-state index contributed by atoms with van der Waals surface area (Å²) in [5.74, 6) is 6.62. The Morgan fingerprint density at radius 3 is 0.915 bits per heavy atom. The van der Waals surface area contributed by atoms with Crippen LogP contribution in [0.3, 0.4) is 0 Å². The first-order chi connectivity index (χ1) is 34.1. The summed E-state index contributed by atoms with van der Waals surface area (Å²) in [7, 11) is 0. The number of benzene rings is 4. The molecule has 0 spiro atoms. The number of aryl methyl sites for hydroxylation is 12. The van der Waals surface area contributed by atoms with Crippen LogP contribution in [0.5, 0.6) is 11.5 Å². The van der Waals surface area contributed by atoms with Crippen molar-refractivity contribution in [3.05, 3.63) is 186 Å². The van der Waals surface area contributed by atoms with Gasteiger partial charge in [-0.2, -0.15) is 0 Å². The van der Waals surface area contributed by atoms with E-state index in [0.717, 1.165) is 21.3 Å². The Labute approximate surface area is 442 Å². The van der Waals surface area contributed by atoms with E-state index < -0.39 is 0 Å². The van der Waals surface area contributed by atoms with Gasteiger partial charge in [0, 0.05) is 39.0 Å². The van der Waals surface area contributed by atoms with Crippen molar-refractivity contribution in [3.8, 4) is 50.5 Å². The molecular weight excluding hydrogens is 959 g/mol. The van der Waals surface area contributed by atoms with Crippen LogP contribution in [-0.4, -0.2) is 26.6 Å². The molecule has 0 saturated heterocycles. The molecule has 0 bridgehead atoms. The van der Waals surface area contributed by atoms with Crippen LogP contribution in [0.1, 0.15) is 76.5 Å². The second-order valence-corrected chi connectivity index (χ2v) is 25.2. The molecule has 6 heterocycles. The smallest absolute Gasteiger partial charge is 0.235 e. The van der Waals surface area contributed by atoms with E-state index in [1.807, 2.05) is 45.3 Å².